The zero-order valence-corrected chi connectivity index (χ0v) is 11.3. The summed E-state index contributed by atoms with van der Waals surface area (Å²) in [6.07, 6.45) is 1.66. The number of hydrogen-bond acceptors (Lipinski definition) is 2. The predicted octanol–water partition coefficient (Wildman–Crippen LogP) is 2.62. The normalized spacial score (nSPS) is 9.47. The molecule has 0 aliphatic heterocycles. The van der Waals surface area contributed by atoms with Crippen LogP contribution in [-0.4, -0.2) is 22.7 Å². The van der Waals surface area contributed by atoms with E-state index in [9.17, 15) is 4.79 Å². The van der Waals surface area contributed by atoms with Gasteiger partial charge in [-0.1, -0.05) is 22.0 Å². The molecule has 0 fully saturated rings. The lowest BCUT2D eigenvalue weighted by Crippen LogP contribution is -2.29. The first kappa shape index (κ1) is 13.7. The summed E-state index contributed by atoms with van der Waals surface area (Å²) in [7, 11) is 0. The van der Waals surface area contributed by atoms with Gasteiger partial charge in [-0.25, -0.2) is 4.79 Å². The molecule has 6 heteroatoms. The van der Waals surface area contributed by atoms with Gasteiger partial charge in [0.1, 0.15) is 0 Å². The summed E-state index contributed by atoms with van der Waals surface area (Å²) in [5.74, 6) is -1.01. The Kier molecular flexibility index (Phi) is 5.11. The summed E-state index contributed by atoms with van der Waals surface area (Å²) < 4.78 is 0.699. The maximum absolute atomic E-state index is 11.0. The van der Waals surface area contributed by atoms with Gasteiger partial charge in [0.25, 0.3) is 0 Å². The summed E-state index contributed by atoms with van der Waals surface area (Å²) >= 11 is 8.23. The first-order chi connectivity index (χ1) is 8.04. The average molecular weight is 315 g/mol. The van der Waals surface area contributed by atoms with Crippen LogP contribution in [-0.2, 0) is 0 Å². The summed E-state index contributed by atoms with van der Waals surface area (Å²) in [5, 5.41) is 15.1. The number of thiocarbonyl (C=S) groups is 1. The molecule has 90 valence electrons. The molecule has 0 spiro atoms. The minimum Gasteiger partial charge on any atom is -0.478 e. The smallest absolute Gasteiger partial charge is 0.337 e. The van der Waals surface area contributed by atoms with Gasteiger partial charge in [0.2, 0.25) is 0 Å². The van der Waals surface area contributed by atoms with Crippen molar-refractivity contribution in [3.05, 3.63) is 40.9 Å². The summed E-state index contributed by atoms with van der Waals surface area (Å²) in [6.45, 7) is 4.07. The van der Waals surface area contributed by atoms with Crippen molar-refractivity contribution in [2.45, 2.75) is 0 Å². The fourth-order valence-electron chi connectivity index (χ4n) is 1.13. The Balaban J connectivity index is 2.86. The Hall–Kier alpha value is -1.40. The fourth-order valence-corrected chi connectivity index (χ4v) is 1.69. The van der Waals surface area contributed by atoms with Crippen molar-refractivity contribution >= 4 is 44.9 Å². The summed E-state index contributed by atoms with van der Waals surface area (Å²) in [4.78, 5) is 11.0. The quantitative estimate of drug-likeness (QED) is 0.589. The SMILES string of the molecule is C=CCNC(=S)Nc1ccc(Br)cc1C(=O)O. The number of anilines is 1. The molecule has 17 heavy (non-hydrogen) atoms. The molecular weight excluding hydrogens is 304 g/mol. The van der Waals surface area contributed by atoms with Crippen LogP contribution in [0.1, 0.15) is 10.4 Å². The Bertz CT molecular complexity index is 463. The minimum absolute atomic E-state index is 0.155. The van der Waals surface area contributed by atoms with Crippen LogP contribution in [0.15, 0.2) is 35.3 Å². The third-order valence-corrected chi connectivity index (χ3v) is 2.61. The molecule has 0 saturated heterocycles. The topological polar surface area (TPSA) is 61.4 Å². The first-order valence-corrected chi connectivity index (χ1v) is 5.93. The molecule has 0 atom stereocenters. The molecule has 0 unspecified atom stereocenters. The van der Waals surface area contributed by atoms with Gasteiger partial charge in [-0.05, 0) is 30.4 Å². The standard InChI is InChI=1S/C11H11BrN2O2S/c1-2-5-13-11(17)14-9-4-3-7(12)6-8(9)10(15)16/h2-4,6H,1,5H2,(H,15,16)(H2,13,14,17). The Morgan fingerprint density at radius 1 is 1.59 bits per heavy atom. The van der Waals surface area contributed by atoms with Crippen molar-refractivity contribution in [3.8, 4) is 0 Å². The molecular formula is C11H11BrN2O2S. The lowest BCUT2D eigenvalue weighted by Gasteiger charge is -2.11. The lowest BCUT2D eigenvalue weighted by atomic mass is 10.2. The maximum Gasteiger partial charge on any atom is 0.337 e. The van der Waals surface area contributed by atoms with Crippen molar-refractivity contribution < 1.29 is 9.90 Å². The number of aromatic carboxylic acids is 1. The predicted molar refractivity (Wildman–Crippen MR) is 75.5 cm³/mol. The highest BCUT2D eigenvalue weighted by molar-refractivity contribution is 9.10. The van der Waals surface area contributed by atoms with E-state index in [2.05, 4.69) is 33.1 Å². The van der Waals surface area contributed by atoms with Crippen LogP contribution < -0.4 is 10.6 Å². The van der Waals surface area contributed by atoms with Gasteiger partial charge in [0, 0.05) is 11.0 Å². The van der Waals surface area contributed by atoms with Gasteiger partial charge in [0.15, 0.2) is 5.11 Å². The average Bonchev–Trinajstić information content (AvgIpc) is 2.28. The van der Waals surface area contributed by atoms with E-state index in [0.29, 0.717) is 21.8 Å². The van der Waals surface area contributed by atoms with Crippen LogP contribution in [0.5, 0.6) is 0 Å². The lowest BCUT2D eigenvalue weighted by molar-refractivity contribution is 0.0698. The van der Waals surface area contributed by atoms with Crippen LogP contribution in [0.25, 0.3) is 0 Å². The number of hydrogen-bond donors (Lipinski definition) is 3. The van der Waals surface area contributed by atoms with Crippen LogP contribution in [0.4, 0.5) is 5.69 Å². The molecule has 3 N–H and O–H groups in total. The zero-order valence-electron chi connectivity index (χ0n) is 8.87. The van der Waals surface area contributed by atoms with E-state index in [4.69, 9.17) is 17.3 Å². The third kappa shape index (κ3) is 4.16. The van der Waals surface area contributed by atoms with E-state index in [1.54, 1.807) is 18.2 Å². The number of nitrogens with one attached hydrogen (secondary N) is 2. The number of benzene rings is 1. The molecule has 1 rings (SSSR count). The largest absolute Gasteiger partial charge is 0.478 e. The van der Waals surface area contributed by atoms with Gasteiger partial charge in [-0.2, -0.15) is 0 Å². The molecule has 0 aliphatic carbocycles. The van der Waals surface area contributed by atoms with E-state index in [1.165, 1.54) is 6.07 Å². The minimum atomic E-state index is -1.01. The van der Waals surface area contributed by atoms with Crippen LogP contribution in [0, 0.1) is 0 Å². The van der Waals surface area contributed by atoms with E-state index in [1.807, 2.05) is 0 Å². The molecule has 0 heterocycles. The van der Waals surface area contributed by atoms with E-state index < -0.39 is 5.97 Å². The van der Waals surface area contributed by atoms with Crippen molar-refractivity contribution in [2.75, 3.05) is 11.9 Å². The van der Waals surface area contributed by atoms with Crippen LogP contribution >= 0.6 is 28.1 Å². The molecule has 0 aliphatic rings. The Morgan fingerprint density at radius 3 is 2.88 bits per heavy atom. The van der Waals surface area contributed by atoms with E-state index in [0.717, 1.165) is 0 Å². The van der Waals surface area contributed by atoms with Gasteiger partial charge in [-0.15, -0.1) is 6.58 Å². The number of carboxylic acid groups (broad SMARTS) is 1. The molecule has 1 aromatic carbocycles. The molecule has 1 aromatic rings. The Labute approximate surface area is 113 Å². The molecule has 0 amide bonds. The number of halogens is 1. The van der Waals surface area contributed by atoms with Crippen LogP contribution in [0.2, 0.25) is 0 Å². The van der Waals surface area contributed by atoms with Crippen molar-refractivity contribution in [1.82, 2.24) is 5.32 Å². The van der Waals surface area contributed by atoms with Gasteiger partial charge < -0.3 is 15.7 Å². The highest BCUT2D eigenvalue weighted by atomic mass is 79.9. The molecule has 4 nitrogen and oxygen atoms in total. The van der Waals surface area contributed by atoms with Crippen molar-refractivity contribution in [1.29, 1.82) is 0 Å². The van der Waals surface area contributed by atoms with Gasteiger partial charge in [0.05, 0.1) is 11.3 Å². The first-order valence-electron chi connectivity index (χ1n) is 4.73. The molecule has 0 saturated carbocycles. The number of carbonyl (C=O) groups is 1. The molecule has 0 radical (unpaired) electrons. The maximum atomic E-state index is 11.0. The molecule has 0 aromatic heterocycles. The van der Waals surface area contributed by atoms with Crippen molar-refractivity contribution in [3.63, 3.8) is 0 Å². The highest BCUT2D eigenvalue weighted by Gasteiger charge is 2.11. The fraction of sp³-hybridized carbons (Fsp3) is 0.0909. The van der Waals surface area contributed by atoms with E-state index in [-0.39, 0.29) is 5.56 Å². The summed E-state index contributed by atoms with van der Waals surface area (Å²) in [5.41, 5.74) is 0.601. The second-order valence-electron chi connectivity index (χ2n) is 3.12. The third-order valence-electron chi connectivity index (χ3n) is 1.87. The second kappa shape index (κ2) is 6.36. The van der Waals surface area contributed by atoms with Crippen LogP contribution in [0.3, 0.4) is 0 Å². The van der Waals surface area contributed by atoms with Gasteiger partial charge in [-0.3, -0.25) is 0 Å². The Morgan fingerprint density at radius 2 is 2.29 bits per heavy atom. The van der Waals surface area contributed by atoms with Gasteiger partial charge >= 0.3 is 5.97 Å². The second-order valence-corrected chi connectivity index (χ2v) is 4.44. The number of rotatable bonds is 4. The van der Waals surface area contributed by atoms with Crippen molar-refractivity contribution in [2.24, 2.45) is 0 Å². The van der Waals surface area contributed by atoms with E-state index >= 15 is 0 Å². The molecule has 0 bridgehead atoms. The highest BCUT2D eigenvalue weighted by Crippen LogP contribution is 2.21. The zero-order chi connectivity index (χ0) is 12.8. The monoisotopic (exact) mass is 314 g/mol. The number of carboxylic acids is 1. The summed E-state index contributed by atoms with van der Waals surface area (Å²) in [6, 6.07) is 4.90.